The number of anilines is 1. The molecule has 2 N–H and O–H groups in total. The molecular formula is C14H15F2N3O. The molecule has 1 amide bonds. The number of alkyl halides is 2. The number of benzene rings is 1. The monoisotopic (exact) mass is 279 g/mol. The van der Waals surface area contributed by atoms with Crippen LogP contribution in [0.4, 0.5) is 14.6 Å². The summed E-state index contributed by atoms with van der Waals surface area (Å²) in [5.74, 6) is -4.75. The minimum Gasteiger partial charge on any atom is -0.305 e. The number of nitrogens with zero attached hydrogens (tertiary/aromatic N) is 1. The molecule has 0 spiro atoms. The summed E-state index contributed by atoms with van der Waals surface area (Å²) in [6.07, 6.45) is 2.09. The van der Waals surface area contributed by atoms with Crippen LogP contribution in [0.3, 0.4) is 0 Å². The van der Waals surface area contributed by atoms with Gasteiger partial charge in [0.25, 0.3) is 0 Å². The lowest BCUT2D eigenvalue weighted by Gasteiger charge is -2.18. The molecule has 0 saturated heterocycles. The van der Waals surface area contributed by atoms with Crippen LogP contribution in [-0.2, 0) is 17.1 Å². The van der Waals surface area contributed by atoms with E-state index >= 15 is 0 Å². The molecule has 20 heavy (non-hydrogen) atoms. The van der Waals surface area contributed by atoms with Gasteiger partial charge >= 0.3 is 11.8 Å². The summed E-state index contributed by atoms with van der Waals surface area (Å²) < 4.78 is 28.4. The van der Waals surface area contributed by atoms with Gasteiger partial charge in [0.2, 0.25) is 0 Å². The highest BCUT2D eigenvalue weighted by Gasteiger charge is 2.42. The molecule has 0 bridgehead atoms. The van der Waals surface area contributed by atoms with Crippen LogP contribution in [0.5, 0.6) is 0 Å². The fourth-order valence-electron chi connectivity index (χ4n) is 1.93. The van der Waals surface area contributed by atoms with Gasteiger partial charge in [-0.15, -0.1) is 0 Å². The fraction of sp³-hybridized carbons (Fsp3) is 0.286. The van der Waals surface area contributed by atoms with Gasteiger partial charge in [0.05, 0.1) is 6.20 Å². The average molecular weight is 279 g/mol. The number of H-pyrrole nitrogens is 1. The Morgan fingerprint density at radius 3 is 2.75 bits per heavy atom. The molecule has 0 saturated carbocycles. The zero-order chi connectivity index (χ0) is 14.8. The molecule has 6 heteroatoms. The Morgan fingerprint density at radius 1 is 1.40 bits per heavy atom. The average Bonchev–Trinajstić information content (AvgIpc) is 2.86. The lowest BCUT2D eigenvalue weighted by atomic mass is 10.0. The normalized spacial score (nSPS) is 11.4. The van der Waals surface area contributed by atoms with Gasteiger partial charge in [0.15, 0.2) is 0 Å². The van der Waals surface area contributed by atoms with Crippen LogP contribution in [0.15, 0.2) is 30.5 Å². The van der Waals surface area contributed by atoms with Crippen LogP contribution < -0.4 is 5.32 Å². The SMILES string of the molecule is CCc1cn[nH]c1NC(=O)C(F)(F)c1ccccc1C. The second kappa shape index (κ2) is 5.40. The third-order valence-electron chi connectivity index (χ3n) is 3.11. The summed E-state index contributed by atoms with van der Waals surface area (Å²) in [6.45, 7) is 3.39. The van der Waals surface area contributed by atoms with E-state index in [1.807, 2.05) is 6.92 Å². The molecule has 0 aliphatic rings. The number of hydrogen-bond acceptors (Lipinski definition) is 2. The van der Waals surface area contributed by atoms with Crippen LogP contribution in [0.2, 0.25) is 0 Å². The number of hydrogen-bond donors (Lipinski definition) is 2. The van der Waals surface area contributed by atoms with Crippen molar-refractivity contribution in [3.8, 4) is 0 Å². The molecule has 1 aromatic heterocycles. The summed E-state index contributed by atoms with van der Waals surface area (Å²) in [5.41, 5.74) is 0.752. The maximum absolute atomic E-state index is 14.2. The molecule has 0 aliphatic heterocycles. The number of nitrogens with one attached hydrogen (secondary N) is 2. The molecule has 1 heterocycles. The Kier molecular flexibility index (Phi) is 3.83. The van der Waals surface area contributed by atoms with Crippen molar-refractivity contribution in [3.63, 3.8) is 0 Å². The minimum absolute atomic E-state index is 0.214. The van der Waals surface area contributed by atoms with Crippen LogP contribution in [-0.4, -0.2) is 16.1 Å². The van der Waals surface area contributed by atoms with Crippen LogP contribution in [0, 0.1) is 6.92 Å². The Morgan fingerprint density at radius 2 is 2.10 bits per heavy atom. The number of halogens is 2. The van der Waals surface area contributed by atoms with Crippen molar-refractivity contribution < 1.29 is 13.6 Å². The molecule has 0 atom stereocenters. The van der Waals surface area contributed by atoms with Crippen molar-refractivity contribution >= 4 is 11.7 Å². The molecule has 0 unspecified atom stereocenters. The largest absolute Gasteiger partial charge is 0.350 e. The summed E-state index contributed by atoms with van der Waals surface area (Å²) in [4.78, 5) is 11.8. The van der Waals surface area contributed by atoms with Gasteiger partial charge in [-0.05, 0) is 18.9 Å². The summed E-state index contributed by atoms with van der Waals surface area (Å²) in [7, 11) is 0. The number of carbonyl (C=O) groups excluding carboxylic acids is 1. The van der Waals surface area contributed by atoms with E-state index < -0.39 is 11.8 Å². The number of rotatable bonds is 4. The predicted molar refractivity (Wildman–Crippen MR) is 71.7 cm³/mol. The van der Waals surface area contributed by atoms with Gasteiger partial charge in [-0.25, -0.2) is 0 Å². The van der Waals surface area contributed by atoms with E-state index in [2.05, 4.69) is 15.5 Å². The van der Waals surface area contributed by atoms with Crippen LogP contribution >= 0.6 is 0 Å². The molecule has 2 aromatic rings. The van der Waals surface area contributed by atoms with Gasteiger partial charge in [-0.1, -0.05) is 31.2 Å². The molecule has 1 aromatic carbocycles. The van der Waals surface area contributed by atoms with Crippen molar-refractivity contribution in [3.05, 3.63) is 47.2 Å². The first-order chi connectivity index (χ1) is 9.46. The van der Waals surface area contributed by atoms with Gasteiger partial charge in [-0.2, -0.15) is 13.9 Å². The number of aromatic amines is 1. The maximum Gasteiger partial charge on any atom is 0.350 e. The molecule has 2 rings (SSSR count). The first kappa shape index (κ1) is 14.2. The fourth-order valence-corrected chi connectivity index (χ4v) is 1.93. The highest BCUT2D eigenvalue weighted by Crippen LogP contribution is 2.31. The van der Waals surface area contributed by atoms with Gasteiger partial charge in [-0.3, -0.25) is 9.89 Å². The highest BCUT2D eigenvalue weighted by molar-refractivity contribution is 5.96. The smallest absolute Gasteiger partial charge is 0.305 e. The van der Waals surface area contributed by atoms with Crippen molar-refractivity contribution in [1.82, 2.24) is 10.2 Å². The number of aryl methyl sites for hydroxylation is 2. The van der Waals surface area contributed by atoms with E-state index in [0.29, 0.717) is 17.5 Å². The van der Waals surface area contributed by atoms with E-state index in [9.17, 15) is 13.6 Å². The topological polar surface area (TPSA) is 57.8 Å². The van der Waals surface area contributed by atoms with Gasteiger partial charge in [0.1, 0.15) is 5.82 Å². The quantitative estimate of drug-likeness (QED) is 0.903. The molecule has 0 radical (unpaired) electrons. The van der Waals surface area contributed by atoms with Crippen molar-refractivity contribution in [2.45, 2.75) is 26.2 Å². The van der Waals surface area contributed by atoms with E-state index in [4.69, 9.17) is 0 Å². The Balaban J connectivity index is 2.26. The number of aromatic nitrogens is 2. The van der Waals surface area contributed by atoms with Crippen molar-refractivity contribution in [2.75, 3.05) is 5.32 Å². The molecule has 0 fully saturated rings. The second-order valence-electron chi connectivity index (χ2n) is 4.47. The summed E-state index contributed by atoms with van der Waals surface area (Å²) >= 11 is 0. The molecule has 4 nitrogen and oxygen atoms in total. The van der Waals surface area contributed by atoms with E-state index in [0.717, 1.165) is 0 Å². The number of amides is 1. The third kappa shape index (κ3) is 2.54. The lowest BCUT2D eigenvalue weighted by Crippen LogP contribution is -2.33. The van der Waals surface area contributed by atoms with Crippen molar-refractivity contribution in [2.24, 2.45) is 0 Å². The maximum atomic E-state index is 14.2. The second-order valence-corrected chi connectivity index (χ2v) is 4.47. The van der Waals surface area contributed by atoms with E-state index in [1.165, 1.54) is 18.3 Å². The lowest BCUT2D eigenvalue weighted by molar-refractivity contribution is -0.141. The highest BCUT2D eigenvalue weighted by atomic mass is 19.3. The third-order valence-corrected chi connectivity index (χ3v) is 3.11. The minimum atomic E-state index is -3.60. The van der Waals surface area contributed by atoms with Crippen LogP contribution in [0.25, 0.3) is 0 Å². The predicted octanol–water partition coefficient (Wildman–Crippen LogP) is 3.01. The molecular weight excluding hydrogens is 264 g/mol. The first-order valence-electron chi connectivity index (χ1n) is 6.24. The molecule has 0 aliphatic carbocycles. The standard InChI is InChI=1S/C14H15F2N3O/c1-3-10-8-17-19-12(10)18-13(20)14(15,16)11-7-5-4-6-9(11)2/h4-8H,3H2,1-2H3,(H2,17,18,19,20). The van der Waals surface area contributed by atoms with Gasteiger partial charge in [0, 0.05) is 11.1 Å². The summed E-state index contributed by atoms with van der Waals surface area (Å²) in [6, 6.07) is 5.93. The van der Waals surface area contributed by atoms with Crippen LogP contribution in [0.1, 0.15) is 23.6 Å². The van der Waals surface area contributed by atoms with E-state index in [1.54, 1.807) is 19.1 Å². The molecule has 106 valence electrons. The summed E-state index contributed by atoms with van der Waals surface area (Å²) in [5, 5.41) is 8.44. The Labute approximate surface area is 115 Å². The van der Waals surface area contributed by atoms with Gasteiger partial charge < -0.3 is 5.32 Å². The van der Waals surface area contributed by atoms with Crippen molar-refractivity contribution in [1.29, 1.82) is 0 Å². The zero-order valence-corrected chi connectivity index (χ0v) is 11.2. The zero-order valence-electron chi connectivity index (χ0n) is 11.2. The first-order valence-corrected chi connectivity index (χ1v) is 6.24. The Hall–Kier alpha value is -2.24. The Bertz CT molecular complexity index is 622. The van der Waals surface area contributed by atoms with E-state index in [-0.39, 0.29) is 11.4 Å². The number of carbonyl (C=O) groups is 1.